The molecule has 6 nitrogen and oxygen atoms in total. The average Bonchev–Trinajstić information content (AvgIpc) is 2.30. The van der Waals surface area contributed by atoms with E-state index in [9.17, 15) is 4.79 Å². The second-order valence-electron chi connectivity index (χ2n) is 3.87. The van der Waals surface area contributed by atoms with E-state index in [4.69, 9.17) is 9.84 Å². The number of ether oxygens (including phenoxy) is 1. The first-order chi connectivity index (χ1) is 8.16. The SMILES string of the molecule is Cc1ccc(C(=O)O)c(NN2CCOCC2)n1. The number of rotatable bonds is 3. The van der Waals surface area contributed by atoms with Gasteiger partial charge in [-0.1, -0.05) is 0 Å². The Morgan fingerprint density at radius 3 is 2.82 bits per heavy atom. The van der Waals surface area contributed by atoms with Crippen LogP contribution in [0.25, 0.3) is 0 Å². The van der Waals surface area contributed by atoms with Crippen LogP contribution in [0.15, 0.2) is 12.1 Å². The number of carboxylic acids is 1. The van der Waals surface area contributed by atoms with Gasteiger partial charge in [0.2, 0.25) is 0 Å². The summed E-state index contributed by atoms with van der Waals surface area (Å²) in [6, 6.07) is 3.25. The molecule has 2 heterocycles. The van der Waals surface area contributed by atoms with E-state index < -0.39 is 5.97 Å². The third kappa shape index (κ3) is 2.92. The van der Waals surface area contributed by atoms with Crippen LogP contribution in [-0.4, -0.2) is 47.4 Å². The minimum absolute atomic E-state index is 0.182. The van der Waals surface area contributed by atoms with Gasteiger partial charge in [0.1, 0.15) is 5.56 Å². The van der Waals surface area contributed by atoms with E-state index in [1.165, 1.54) is 0 Å². The molecular formula is C11H15N3O3. The summed E-state index contributed by atoms with van der Waals surface area (Å²) in [6.45, 7) is 4.54. The first-order valence-electron chi connectivity index (χ1n) is 5.47. The van der Waals surface area contributed by atoms with Gasteiger partial charge in [-0.25, -0.2) is 14.8 Å². The summed E-state index contributed by atoms with van der Waals surface area (Å²) in [5, 5.41) is 11.0. The van der Waals surface area contributed by atoms with E-state index in [2.05, 4.69) is 10.4 Å². The minimum Gasteiger partial charge on any atom is -0.478 e. The predicted molar refractivity (Wildman–Crippen MR) is 61.9 cm³/mol. The summed E-state index contributed by atoms with van der Waals surface area (Å²) < 4.78 is 5.22. The molecule has 0 spiro atoms. The zero-order chi connectivity index (χ0) is 12.3. The highest BCUT2D eigenvalue weighted by molar-refractivity contribution is 5.93. The molecule has 1 aliphatic heterocycles. The predicted octanol–water partition coefficient (Wildman–Crippen LogP) is 0.747. The minimum atomic E-state index is -0.978. The molecule has 1 saturated heterocycles. The third-order valence-corrected chi connectivity index (χ3v) is 2.54. The third-order valence-electron chi connectivity index (χ3n) is 2.54. The molecule has 0 aliphatic carbocycles. The van der Waals surface area contributed by atoms with Gasteiger partial charge in [-0.15, -0.1) is 0 Å². The number of carbonyl (C=O) groups is 1. The van der Waals surface area contributed by atoms with Gasteiger partial charge in [0.15, 0.2) is 5.82 Å². The zero-order valence-corrected chi connectivity index (χ0v) is 9.64. The van der Waals surface area contributed by atoms with Crippen LogP contribution in [0.5, 0.6) is 0 Å². The van der Waals surface area contributed by atoms with Crippen LogP contribution in [0.4, 0.5) is 5.82 Å². The number of morpholine rings is 1. The Hall–Kier alpha value is -1.66. The number of anilines is 1. The van der Waals surface area contributed by atoms with Crippen LogP contribution in [-0.2, 0) is 4.74 Å². The van der Waals surface area contributed by atoms with Crippen molar-refractivity contribution in [2.24, 2.45) is 0 Å². The van der Waals surface area contributed by atoms with Gasteiger partial charge in [0.05, 0.1) is 13.2 Å². The van der Waals surface area contributed by atoms with Gasteiger partial charge in [0, 0.05) is 18.8 Å². The maximum Gasteiger partial charge on any atom is 0.339 e. The molecule has 6 heteroatoms. The van der Waals surface area contributed by atoms with Crippen LogP contribution in [0.1, 0.15) is 16.1 Å². The maximum atomic E-state index is 11.1. The molecule has 0 atom stereocenters. The van der Waals surface area contributed by atoms with Gasteiger partial charge >= 0.3 is 5.97 Å². The Morgan fingerprint density at radius 1 is 1.47 bits per heavy atom. The number of carboxylic acid groups (broad SMARTS) is 1. The fourth-order valence-electron chi connectivity index (χ4n) is 1.64. The molecular weight excluding hydrogens is 222 g/mol. The van der Waals surface area contributed by atoms with Crippen molar-refractivity contribution in [1.29, 1.82) is 0 Å². The molecule has 0 aromatic carbocycles. The molecule has 92 valence electrons. The van der Waals surface area contributed by atoms with Gasteiger partial charge in [-0.05, 0) is 19.1 Å². The molecule has 0 radical (unpaired) electrons. The smallest absolute Gasteiger partial charge is 0.339 e. The number of hydrogen-bond acceptors (Lipinski definition) is 5. The van der Waals surface area contributed by atoms with Crippen molar-refractivity contribution in [3.8, 4) is 0 Å². The van der Waals surface area contributed by atoms with Crippen molar-refractivity contribution in [3.63, 3.8) is 0 Å². The normalized spacial score (nSPS) is 16.8. The summed E-state index contributed by atoms with van der Waals surface area (Å²) in [7, 11) is 0. The number of aromatic carboxylic acids is 1. The molecule has 2 N–H and O–H groups in total. The lowest BCUT2D eigenvalue weighted by atomic mass is 10.2. The second kappa shape index (κ2) is 5.11. The number of hydrazine groups is 1. The molecule has 0 saturated carbocycles. The maximum absolute atomic E-state index is 11.1. The lowest BCUT2D eigenvalue weighted by Gasteiger charge is -2.28. The molecule has 17 heavy (non-hydrogen) atoms. The summed E-state index contributed by atoms with van der Waals surface area (Å²) in [5.41, 5.74) is 4.00. The first kappa shape index (κ1) is 11.8. The number of aryl methyl sites for hydroxylation is 1. The van der Waals surface area contributed by atoms with Crippen molar-refractivity contribution in [2.75, 3.05) is 31.7 Å². The van der Waals surface area contributed by atoms with Crippen molar-refractivity contribution in [2.45, 2.75) is 6.92 Å². The topological polar surface area (TPSA) is 74.7 Å². The first-order valence-corrected chi connectivity index (χ1v) is 5.47. The number of nitrogens with one attached hydrogen (secondary N) is 1. The van der Waals surface area contributed by atoms with Crippen LogP contribution in [0.3, 0.4) is 0 Å². The fraction of sp³-hybridized carbons (Fsp3) is 0.455. The lowest BCUT2D eigenvalue weighted by Crippen LogP contribution is -2.40. The van der Waals surface area contributed by atoms with E-state index in [-0.39, 0.29) is 5.56 Å². The average molecular weight is 237 g/mol. The van der Waals surface area contributed by atoms with Crippen LogP contribution in [0, 0.1) is 6.92 Å². The monoisotopic (exact) mass is 237 g/mol. The van der Waals surface area contributed by atoms with Crippen molar-refractivity contribution in [1.82, 2.24) is 9.99 Å². The Kier molecular flexibility index (Phi) is 3.55. The number of hydrogen-bond donors (Lipinski definition) is 2. The van der Waals surface area contributed by atoms with Crippen LogP contribution in [0.2, 0.25) is 0 Å². The Balaban J connectivity index is 2.17. The highest BCUT2D eigenvalue weighted by Crippen LogP contribution is 2.14. The van der Waals surface area contributed by atoms with E-state index in [0.29, 0.717) is 32.1 Å². The van der Waals surface area contributed by atoms with Gasteiger partial charge in [0.25, 0.3) is 0 Å². The molecule has 1 fully saturated rings. The Morgan fingerprint density at radius 2 is 2.18 bits per heavy atom. The molecule has 1 aliphatic rings. The second-order valence-corrected chi connectivity index (χ2v) is 3.87. The fourth-order valence-corrected chi connectivity index (χ4v) is 1.64. The van der Waals surface area contributed by atoms with Crippen LogP contribution < -0.4 is 5.43 Å². The molecule has 0 amide bonds. The van der Waals surface area contributed by atoms with Gasteiger partial charge < -0.3 is 15.3 Å². The van der Waals surface area contributed by atoms with E-state index in [1.54, 1.807) is 12.1 Å². The van der Waals surface area contributed by atoms with Crippen molar-refractivity contribution >= 4 is 11.8 Å². The zero-order valence-electron chi connectivity index (χ0n) is 9.64. The highest BCUT2D eigenvalue weighted by atomic mass is 16.5. The molecule has 1 aromatic heterocycles. The summed E-state index contributed by atoms with van der Waals surface area (Å²) in [5.74, 6) is -0.590. The number of aromatic nitrogens is 1. The van der Waals surface area contributed by atoms with E-state index in [1.807, 2.05) is 11.9 Å². The highest BCUT2D eigenvalue weighted by Gasteiger charge is 2.16. The molecule has 0 unspecified atom stereocenters. The van der Waals surface area contributed by atoms with Crippen LogP contribution >= 0.6 is 0 Å². The largest absolute Gasteiger partial charge is 0.478 e. The lowest BCUT2D eigenvalue weighted by molar-refractivity contribution is 0.0493. The van der Waals surface area contributed by atoms with E-state index >= 15 is 0 Å². The van der Waals surface area contributed by atoms with Gasteiger partial charge in [-0.2, -0.15) is 0 Å². The Labute approximate surface area is 99.2 Å². The standard InChI is InChI=1S/C11H15N3O3/c1-8-2-3-9(11(15)16)10(12-8)13-14-4-6-17-7-5-14/h2-3H,4-7H2,1H3,(H,12,13)(H,15,16). The summed E-state index contributed by atoms with van der Waals surface area (Å²) in [4.78, 5) is 15.3. The van der Waals surface area contributed by atoms with Crippen molar-refractivity contribution < 1.29 is 14.6 Å². The Bertz CT molecular complexity index is 416. The summed E-state index contributed by atoms with van der Waals surface area (Å²) in [6.07, 6.45) is 0. The molecule has 2 rings (SSSR count). The van der Waals surface area contributed by atoms with E-state index in [0.717, 1.165) is 5.69 Å². The quantitative estimate of drug-likeness (QED) is 0.808. The van der Waals surface area contributed by atoms with Crippen molar-refractivity contribution in [3.05, 3.63) is 23.4 Å². The number of pyridine rings is 1. The molecule has 1 aromatic rings. The molecule has 0 bridgehead atoms. The summed E-state index contributed by atoms with van der Waals surface area (Å²) >= 11 is 0. The van der Waals surface area contributed by atoms with Gasteiger partial charge in [-0.3, -0.25) is 0 Å². The number of nitrogens with zero attached hydrogens (tertiary/aromatic N) is 2.